The first-order valence-corrected chi connectivity index (χ1v) is 4.33. The fourth-order valence-corrected chi connectivity index (χ4v) is 1.31. The van der Waals surface area contributed by atoms with Crippen molar-refractivity contribution < 1.29 is 5.11 Å². The molecule has 0 amide bonds. The third kappa shape index (κ3) is 3.17. The van der Waals surface area contributed by atoms with Gasteiger partial charge in [0.05, 0.1) is 0 Å². The minimum absolute atomic E-state index is 0. The molecule has 0 bridgehead atoms. The summed E-state index contributed by atoms with van der Waals surface area (Å²) in [6.45, 7) is 4.55. The third-order valence-corrected chi connectivity index (χ3v) is 2.29. The molecule has 13 heavy (non-hydrogen) atoms. The Morgan fingerprint density at radius 1 is 1.15 bits per heavy atom. The first-order valence-electron chi connectivity index (χ1n) is 4.33. The predicted octanol–water partition coefficient (Wildman–Crippen LogP) is 2.51. The molecule has 1 rings (SSSR count). The van der Waals surface area contributed by atoms with Gasteiger partial charge in [-0.1, -0.05) is 44.2 Å². The average Bonchev–Trinajstić information content (AvgIpc) is 2.06. The van der Waals surface area contributed by atoms with E-state index in [2.05, 4.69) is 26.0 Å². The molecule has 1 aromatic carbocycles. The maximum absolute atomic E-state index is 8.86. The standard InChI is InChI=1S/C11H16O.H3N/c1-11(2,8-9-12)10-6-4-3-5-7-10;/h3-7,12H,8-9H2,1-2H3;1H3. The van der Waals surface area contributed by atoms with Crippen LogP contribution in [-0.4, -0.2) is 11.7 Å². The van der Waals surface area contributed by atoms with Crippen molar-refractivity contribution in [3.05, 3.63) is 35.9 Å². The molecule has 0 aliphatic rings. The highest BCUT2D eigenvalue weighted by atomic mass is 16.3. The fourth-order valence-electron chi connectivity index (χ4n) is 1.31. The monoisotopic (exact) mass is 181 g/mol. The van der Waals surface area contributed by atoms with E-state index in [1.165, 1.54) is 5.56 Å². The molecule has 0 aliphatic carbocycles. The SMILES string of the molecule is CC(C)(CCO)c1ccccc1.N. The fraction of sp³-hybridized carbons (Fsp3) is 0.455. The summed E-state index contributed by atoms with van der Waals surface area (Å²) in [6.07, 6.45) is 0.816. The molecule has 0 atom stereocenters. The Morgan fingerprint density at radius 2 is 1.69 bits per heavy atom. The molecule has 0 spiro atoms. The van der Waals surface area contributed by atoms with Gasteiger partial charge < -0.3 is 11.3 Å². The van der Waals surface area contributed by atoms with Crippen LogP contribution in [0.1, 0.15) is 25.8 Å². The normalized spacial score (nSPS) is 10.7. The van der Waals surface area contributed by atoms with Crippen LogP contribution in [0.15, 0.2) is 30.3 Å². The molecule has 0 fully saturated rings. The van der Waals surface area contributed by atoms with Crippen LogP contribution in [-0.2, 0) is 5.41 Å². The first kappa shape index (κ1) is 12.1. The Kier molecular flexibility index (Phi) is 4.67. The quantitative estimate of drug-likeness (QED) is 0.752. The molecule has 0 saturated heterocycles. The van der Waals surface area contributed by atoms with Crippen LogP contribution in [0.25, 0.3) is 0 Å². The summed E-state index contributed by atoms with van der Waals surface area (Å²) in [5.41, 5.74) is 1.38. The molecule has 2 heteroatoms. The Hall–Kier alpha value is -0.860. The van der Waals surface area contributed by atoms with Crippen LogP contribution >= 0.6 is 0 Å². The third-order valence-electron chi connectivity index (χ3n) is 2.29. The Bertz CT molecular complexity index is 231. The summed E-state index contributed by atoms with van der Waals surface area (Å²) < 4.78 is 0. The van der Waals surface area contributed by atoms with Crippen molar-refractivity contribution in [2.75, 3.05) is 6.61 Å². The highest BCUT2D eigenvalue weighted by Gasteiger charge is 2.18. The van der Waals surface area contributed by atoms with E-state index in [0.29, 0.717) is 0 Å². The molecule has 2 nitrogen and oxygen atoms in total. The van der Waals surface area contributed by atoms with Gasteiger partial charge in [0.1, 0.15) is 0 Å². The molecule has 74 valence electrons. The Labute approximate surface area is 80.2 Å². The van der Waals surface area contributed by atoms with Crippen LogP contribution in [0, 0.1) is 0 Å². The van der Waals surface area contributed by atoms with Gasteiger partial charge in [-0.2, -0.15) is 0 Å². The van der Waals surface area contributed by atoms with Crippen LogP contribution < -0.4 is 6.15 Å². The lowest BCUT2D eigenvalue weighted by molar-refractivity contribution is 0.252. The minimum Gasteiger partial charge on any atom is -0.396 e. The van der Waals surface area contributed by atoms with Gasteiger partial charge in [-0.15, -0.1) is 0 Å². The number of hydrogen-bond acceptors (Lipinski definition) is 2. The maximum atomic E-state index is 8.86. The molecule has 1 aromatic rings. The molecule has 0 aromatic heterocycles. The predicted molar refractivity (Wildman–Crippen MR) is 56.2 cm³/mol. The van der Waals surface area contributed by atoms with Crippen molar-refractivity contribution >= 4 is 0 Å². The zero-order valence-corrected chi connectivity index (χ0v) is 8.46. The lowest BCUT2D eigenvalue weighted by Crippen LogP contribution is -2.18. The van der Waals surface area contributed by atoms with Gasteiger partial charge in [0.25, 0.3) is 0 Å². The van der Waals surface area contributed by atoms with Gasteiger partial charge in [-0.25, -0.2) is 0 Å². The number of aliphatic hydroxyl groups excluding tert-OH is 1. The second-order valence-electron chi connectivity index (χ2n) is 3.72. The van der Waals surface area contributed by atoms with E-state index < -0.39 is 0 Å². The number of rotatable bonds is 3. The van der Waals surface area contributed by atoms with Gasteiger partial charge in [-0.05, 0) is 17.4 Å². The van der Waals surface area contributed by atoms with E-state index in [9.17, 15) is 0 Å². The second kappa shape index (κ2) is 5.00. The van der Waals surface area contributed by atoms with Crippen LogP contribution in [0.2, 0.25) is 0 Å². The van der Waals surface area contributed by atoms with E-state index >= 15 is 0 Å². The summed E-state index contributed by atoms with van der Waals surface area (Å²) in [4.78, 5) is 0. The van der Waals surface area contributed by atoms with Gasteiger partial charge >= 0.3 is 0 Å². The van der Waals surface area contributed by atoms with Crippen LogP contribution in [0.3, 0.4) is 0 Å². The van der Waals surface area contributed by atoms with Gasteiger partial charge in [0.15, 0.2) is 0 Å². The van der Waals surface area contributed by atoms with Crippen molar-refractivity contribution in [3.63, 3.8) is 0 Å². The largest absolute Gasteiger partial charge is 0.396 e. The molecule has 0 radical (unpaired) electrons. The van der Waals surface area contributed by atoms with Crippen molar-refractivity contribution in [2.24, 2.45) is 0 Å². The smallest absolute Gasteiger partial charge is 0.0439 e. The van der Waals surface area contributed by atoms with E-state index in [1.807, 2.05) is 18.2 Å². The summed E-state index contributed by atoms with van der Waals surface area (Å²) in [6, 6.07) is 10.3. The van der Waals surface area contributed by atoms with Crippen LogP contribution in [0.5, 0.6) is 0 Å². The average molecular weight is 181 g/mol. The van der Waals surface area contributed by atoms with E-state index in [1.54, 1.807) is 0 Å². The molecular weight excluding hydrogens is 162 g/mol. The summed E-state index contributed by atoms with van der Waals surface area (Å²) >= 11 is 0. The van der Waals surface area contributed by atoms with E-state index in [-0.39, 0.29) is 18.2 Å². The van der Waals surface area contributed by atoms with Crippen molar-refractivity contribution in [3.8, 4) is 0 Å². The van der Waals surface area contributed by atoms with Crippen LogP contribution in [0.4, 0.5) is 0 Å². The number of aliphatic hydroxyl groups is 1. The summed E-state index contributed by atoms with van der Waals surface area (Å²) in [7, 11) is 0. The van der Waals surface area contributed by atoms with Crippen molar-refractivity contribution in [1.29, 1.82) is 0 Å². The lowest BCUT2D eigenvalue weighted by Gasteiger charge is -2.23. The molecule has 0 heterocycles. The van der Waals surface area contributed by atoms with Gasteiger partial charge in [0, 0.05) is 6.61 Å². The Morgan fingerprint density at radius 3 is 2.15 bits per heavy atom. The highest BCUT2D eigenvalue weighted by Crippen LogP contribution is 2.25. The van der Waals surface area contributed by atoms with Crippen molar-refractivity contribution in [2.45, 2.75) is 25.7 Å². The lowest BCUT2D eigenvalue weighted by atomic mass is 9.82. The van der Waals surface area contributed by atoms with Gasteiger partial charge in [-0.3, -0.25) is 0 Å². The topological polar surface area (TPSA) is 55.2 Å². The minimum atomic E-state index is 0. The zero-order valence-electron chi connectivity index (χ0n) is 8.46. The molecule has 0 aliphatic heterocycles. The molecular formula is C11H19NO. The summed E-state index contributed by atoms with van der Waals surface area (Å²) in [5, 5.41) is 8.86. The summed E-state index contributed by atoms with van der Waals surface area (Å²) in [5.74, 6) is 0. The number of hydrogen-bond donors (Lipinski definition) is 2. The Balaban J connectivity index is 0.00000144. The molecule has 0 unspecified atom stereocenters. The molecule has 4 N–H and O–H groups in total. The van der Waals surface area contributed by atoms with Gasteiger partial charge in [0.2, 0.25) is 0 Å². The molecule has 0 saturated carbocycles. The zero-order chi connectivity index (χ0) is 9.03. The van der Waals surface area contributed by atoms with Crippen molar-refractivity contribution in [1.82, 2.24) is 6.15 Å². The second-order valence-corrected chi connectivity index (χ2v) is 3.72. The first-order chi connectivity index (χ1) is 5.67. The highest BCUT2D eigenvalue weighted by molar-refractivity contribution is 5.23. The number of benzene rings is 1. The maximum Gasteiger partial charge on any atom is 0.0439 e. The van der Waals surface area contributed by atoms with E-state index in [0.717, 1.165) is 6.42 Å². The van der Waals surface area contributed by atoms with E-state index in [4.69, 9.17) is 5.11 Å².